The summed E-state index contributed by atoms with van der Waals surface area (Å²) in [5.41, 5.74) is 1.56. The smallest absolute Gasteiger partial charge is 0.244 e. The zero-order valence-electron chi connectivity index (χ0n) is 11.6. The predicted octanol–water partition coefficient (Wildman–Crippen LogP) is 2.94. The molecule has 1 aromatic carbocycles. The van der Waals surface area contributed by atoms with Crippen molar-refractivity contribution in [3.63, 3.8) is 0 Å². The van der Waals surface area contributed by atoms with Gasteiger partial charge in [-0.1, -0.05) is 37.8 Å². The van der Waals surface area contributed by atoms with E-state index >= 15 is 0 Å². The van der Waals surface area contributed by atoms with Gasteiger partial charge in [-0.25, -0.2) is 0 Å². The fourth-order valence-corrected chi connectivity index (χ4v) is 3.22. The Balaban J connectivity index is 1.69. The van der Waals surface area contributed by atoms with Crippen LogP contribution >= 0.6 is 0 Å². The molecule has 0 aromatic heterocycles. The summed E-state index contributed by atoms with van der Waals surface area (Å²) in [4.78, 5) is 25.7. The van der Waals surface area contributed by atoms with E-state index in [9.17, 15) is 9.59 Å². The Hall–Kier alpha value is -1.84. The standard InChI is InChI=1S/C16H20N2O2/c19-15-11-18(14-8-4-3-7-13(14)17-15)16(20)10-9-12-5-1-2-6-12/h3-4,7-8,12H,1-2,5-6,9-11H2,(H,17,19). The van der Waals surface area contributed by atoms with Crippen molar-refractivity contribution in [1.29, 1.82) is 0 Å². The quantitative estimate of drug-likeness (QED) is 0.919. The van der Waals surface area contributed by atoms with Crippen molar-refractivity contribution in [2.24, 2.45) is 5.92 Å². The SMILES string of the molecule is O=C1CN(C(=O)CCC2CCCC2)c2ccccc2N1. The Morgan fingerprint density at radius 1 is 1.25 bits per heavy atom. The van der Waals surface area contributed by atoms with Crippen molar-refractivity contribution in [3.05, 3.63) is 24.3 Å². The van der Waals surface area contributed by atoms with E-state index in [-0.39, 0.29) is 18.4 Å². The average Bonchev–Trinajstić information content (AvgIpc) is 2.97. The van der Waals surface area contributed by atoms with Gasteiger partial charge in [-0.3, -0.25) is 9.59 Å². The van der Waals surface area contributed by atoms with Crippen LogP contribution in [0.1, 0.15) is 38.5 Å². The van der Waals surface area contributed by atoms with Crippen molar-refractivity contribution in [2.75, 3.05) is 16.8 Å². The van der Waals surface area contributed by atoms with Gasteiger partial charge in [0.1, 0.15) is 6.54 Å². The molecule has 106 valence electrons. The van der Waals surface area contributed by atoms with Gasteiger partial charge < -0.3 is 10.2 Å². The molecule has 4 heteroatoms. The first-order valence-corrected chi connectivity index (χ1v) is 7.43. The van der Waals surface area contributed by atoms with Crippen LogP contribution in [0.25, 0.3) is 0 Å². The molecule has 0 atom stereocenters. The van der Waals surface area contributed by atoms with E-state index in [0.717, 1.165) is 17.8 Å². The van der Waals surface area contributed by atoms with Crippen LogP contribution in [-0.4, -0.2) is 18.4 Å². The van der Waals surface area contributed by atoms with Gasteiger partial charge in [0.15, 0.2) is 0 Å². The fraction of sp³-hybridized carbons (Fsp3) is 0.500. The predicted molar refractivity (Wildman–Crippen MR) is 78.6 cm³/mol. The number of carbonyl (C=O) groups is 2. The molecule has 1 heterocycles. The van der Waals surface area contributed by atoms with Crippen LogP contribution in [0.2, 0.25) is 0 Å². The maximum Gasteiger partial charge on any atom is 0.244 e. The zero-order valence-corrected chi connectivity index (χ0v) is 11.6. The lowest BCUT2D eigenvalue weighted by molar-refractivity contribution is -0.122. The highest BCUT2D eigenvalue weighted by molar-refractivity contribution is 6.09. The summed E-state index contributed by atoms with van der Waals surface area (Å²) < 4.78 is 0. The zero-order chi connectivity index (χ0) is 13.9. The highest BCUT2D eigenvalue weighted by atomic mass is 16.2. The molecule has 3 rings (SSSR count). The van der Waals surface area contributed by atoms with Crippen molar-refractivity contribution in [2.45, 2.75) is 38.5 Å². The largest absolute Gasteiger partial charge is 0.323 e. The molecule has 1 aromatic rings. The number of rotatable bonds is 3. The number of carbonyl (C=O) groups excluding carboxylic acids is 2. The van der Waals surface area contributed by atoms with E-state index in [0.29, 0.717) is 12.3 Å². The minimum absolute atomic E-state index is 0.0687. The fourth-order valence-electron chi connectivity index (χ4n) is 3.22. The van der Waals surface area contributed by atoms with E-state index in [4.69, 9.17) is 0 Å². The first-order valence-electron chi connectivity index (χ1n) is 7.43. The monoisotopic (exact) mass is 272 g/mol. The van der Waals surface area contributed by atoms with Gasteiger partial charge >= 0.3 is 0 Å². The molecule has 1 fully saturated rings. The molecule has 2 amide bonds. The van der Waals surface area contributed by atoms with Crippen molar-refractivity contribution < 1.29 is 9.59 Å². The Labute approximate surface area is 119 Å². The summed E-state index contributed by atoms with van der Waals surface area (Å²) in [7, 11) is 0. The minimum Gasteiger partial charge on any atom is -0.323 e. The van der Waals surface area contributed by atoms with Gasteiger partial charge in [-0.05, 0) is 24.5 Å². The first kappa shape index (κ1) is 13.2. The number of hydrogen-bond acceptors (Lipinski definition) is 2. The van der Waals surface area contributed by atoms with Crippen molar-refractivity contribution in [3.8, 4) is 0 Å². The van der Waals surface area contributed by atoms with E-state index in [1.54, 1.807) is 4.90 Å². The van der Waals surface area contributed by atoms with Gasteiger partial charge in [0.05, 0.1) is 11.4 Å². The molecule has 1 aliphatic heterocycles. The number of hydrogen-bond donors (Lipinski definition) is 1. The highest BCUT2D eigenvalue weighted by Crippen LogP contribution is 2.32. The highest BCUT2D eigenvalue weighted by Gasteiger charge is 2.27. The third-order valence-corrected chi connectivity index (χ3v) is 4.31. The number of nitrogens with zero attached hydrogens (tertiary/aromatic N) is 1. The second-order valence-electron chi connectivity index (χ2n) is 5.73. The van der Waals surface area contributed by atoms with Gasteiger partial charge in [-0.15, -0.1) is 0 Å². The molecular formula is C16H20N2O2. The van der Waals surface area contributed by atoms with Crippen LogP contribution in [0.15, 0.2) is 24.3 Å². The lowest BCUT2D eigenvalue weighted by Gasteiger charge is -2.29. The lowest BCUT2D eigenvalue weighted by Crippen LogP contribution is -2.42. The Morgan fingerprint density at radius 3 is 2.80 bits per heavy atom. The van der Waals surface area contributed by atoms with Gasteiger partial charge in [0.25, 0.3) is 0 Å². The van der Waals surface area contributed by atoms with Crippen LogP contribution in [0.3, 0.4) is 0 Å². The molecule has 0 radical (unpaired) electrons. The van der Waals surface area contributed by atoms with Gasteiger partial charge in [0, 0.05) is 6.42 Å². The third kappa shape index (κ3) is 2.69. The Morgan fingerprint density at radius 2 is 2.00 bits per heavy atom. The number of nitrogens with one attached hydrogen (secondary N) is 1. The molecule has 0 saturated heterocycles. The minimum atomic E-state index is -0.113. The van der Waals surface area contributed by atoms with Gasteiger partial charge in [0.2, 0.25) is 11.8 Å². The Bertz CT molecular complexity index is 521. The second-order valence-corrected chi connectivity index (χ2v) is 5.73. The maximum absolute atomic E-state index is 12.4. The number of amides is 2. The number of fused-ring (bicyclic) bond motifs is 1. The van der Waals surface area contributed by atoms with Crippen LogP contribution in [-0.2, 0) is 9.59 Å². The topological polar surface area (TPSA) is 49.4 Å². The van der Waals surface area contributed by atoms with Crippen LogP contribution in [0, 0.1) is 5.92 Å². The summed E-state index contributed by atoms with van der Waals surface area (Å²) in [5, 5.41) is 2.81. The Kier molecular flexibility index (Phi) is 3.72. The van der Waals surface area contributed by atoms with Crippen LogP contribution < -0.4 is 10.2 Å². The molecule has 2 aliphatic rings. The average molecular weight is 272 g/mol. The molecule has 0 bridgehead atoms. The second kappa shape index (κ2) is 5.65. The summed E-state index contributed by atoms with van der Waals surface area (Å²) in [6.45, 7) is 0.139. The molecule has 0 spiro atoms. The van der Waals surface area contributed by atoms with E-state index in [2.05, 4.69) is 5.32 Å². The molecule has 20 heavy (non-hydrogen) atoms. The third-order valence-electron chi connectivity index (χ3n) is 4.31. The van der Waals surface area contributed by atoms with E-state index < -0.39 is 0 Å². The van der Waals surface area contributed by atoms with E-state index in [1.165, 1.54) is 25.7 Å². The van der Waals surface area contributed by atoms with Gasteiger partial charge in [-0.2, -0.15) is 0 Å². The molecule has 4 nitrogen and oxygen atoms in total. The summed E-state index contributed by atoms with van der Waals surface area (Å²) in [5.74, 6) is 0.657. The summed E-state index contributed by atoms with van der Waals surface area (Å²) in [6, 6.07) is 7.49. The van der Waals surface area contributed by atoms with Crippen LogP contribution in [0.4, 0.5) is 11.4 Å². The van der Waals surface area contributed by atoms with Crippen LogP contribution in [0.5, 0.6) is 0 Å². The number of para-hydroxylation sites is 2. The summed E-state index contributed by atoms with van der Waals surface area (Å²) >= 11 is 0. The van der Waals surface area contributed by atoms with E-state index in [1.807, 2.05) is 24.3 Å². The lowest BCUT2D eigenvalue weighted by atomic mass is 10.0. The van der Waals surface area contributed by atoms with Crippen molar-refractivity contribution in [1.82, 2.24) is 0 Å². The number of anilines is 2. The first-order chi connectivity index (χ1) is 9.74. The molecule has 1 N–H and O–H groups in total. The maximum atomic E-state index is 12.4. The van der Waals surface area contributed by atoms with Crippen molar-refractivity contribution >= 4 is 23.2 Å². The molecular weight excluding hydrogens is 252 g/mol. The number of benzene rings is 1. The molecule has 1 saturated carbocycles. The summed E-state index contributed by atoms with van der Waals surface area (Å²) in [6.07, 6.45) is 6.61. The molecule has 0 unspecified atom stereocenters. The molecule has 1 aliphatic carbocycles. The normalized spacial score (nSPS) is 18.8.